The minimum absolute atomic E-state index is 0.175. The molecular formula is C22H18ClFN4OS. The Morgan fingerprint density at radius 2 is 1.77 bits per heavy atom. The summed E-state index contributed by atoms with van der Waals surface area (Å²) in [6.45, 7) is 0.758. The van der Waals surface area contributed by atoms with E-state index in [1.54, 1.807) is 35.1 Å². The zero-order valence-corrected chi connectivity index (χ0v) is 17.5. The number of hydrogen-bond donors (Lipinski definition) is 0. The second-order valence-electron chi connectivity index (χ2n) is 6.55. The van der Waals surface area contributed by atoms with Crippen molar-refractivity contribution < 1.29 is 9.13 Å². The Bertz CT molecular complexity index is 1170. The van der Waals surface area contributed by atoms with Crippen molar-refractivity contribution in [1.29, 1.82) is 0 Å². The Labute approximate surface area is 183 Å². The number of pyridine rings is 1. The maximum Gasteiger partial charge on any atom is 0.202 e. The van der Waals surface area contributed by atoms with Crippen LogP contribution in [0.2, 0.25) is 5.02 Å². The van der Waals surface area contributed by atoms with Crippen molar-refractivity contribution in [3.8, 4) is 11.4 Å². The monoisotopic (exact) mass is 440 g/mol. The van der Waals surface area contributed by atoms with Crippen molar-refractivity contribution in [1.82, 2.24) is 19.3 Å². The lowest BCUT2D eigenvalue weighted by molar-refractivity contribution is 0.291. The summed E-state index contributed by atoms with van der Waals surface area (Å²) in [5.41, 5.74) is 1.80. The Morgan fingerprint density at radius 3 is 2.47 bits per heavy atom. The van der Waals surface area contributed by atoms with Crippen LogP contribution in [0.3, 0.4) is 0 Å². The lowest BCUT2D eigenvalue weighted by Gasteiger charge is -2.08. The van der Waals surface area contributed by atoms with Crippen molar-refractivity contribution >= 4 is 23.8 Å². The van der Waals surface area contributed by atoms with Gasteiger partial charge < -0.3 is 4.74 Å². The molecule has 0 aliphatic heterocycles. The molecule has 2 heterocycles. The highest BCUT2D eigenvalue weighted by Gasteiger charge is 2.14. The average molecular weight is 441 g/mol. The highest BCUT2D eigenvalue weighted by molar-refractivity contribution is 7.71. The number of aromatic nitrogens is 4. The van der Waals surface area contributed by atoms with Gasteiger partial charge >= 0.3 is 0 Å². The van der Waals surface area contributed by atoms with E-state index >= 15 is 0 Å². The van der Waals surface area contributed by atoms with Gasteiger partial charge in [-0.25, -0.2) is 9.07 Å². The van der Waals surface area contributed by atoms with Gasteiger partial charge in [-0.2, -0.15) is 5.10 Å². The van der Waals surface area contributed by atoms with Gasteiger partial charge in [0.05, 0.1) is 0 Å². The molecule has 0 spiro atoms. The summed E-state index contributed by atoms with van der Waals surface area (Å²) in [4.78, 5) is 4.35. The molecule has 2 aromatic carbocycles. The van der Waals surface area contributed by atoms with Crippen molar-refractivity contribution in [2.45, 2.75) is 19.6 Å². The Morgan fingerprint density at radius 1 is 1.00 bits per heavy atom. The van der Waals surface area contributed by atoms with Crippen LogP contribution >= 0.6 is 23.8 Å². The summed E-state index contributed by atoms with van der Waals surface area (Å²) in [5, 5.41) is 5.31. The number of hydrogen-bond acceptors (Lipinski definition) is 4. The Balaban J connectivity index is 1.63. The molecule has 5 nitrogen and oxygen atoms in total. The molecule has 8 heteroatoms. The van der Waals surface area contributed by atoms with Gasteiger partial charge in [0.15, 0.2) is 5.82 Å². The molecule has 0 N–H and O–H groups in total. The normalized spacial score (nSPS) is 10.9. The number of benzene rings is 2. The van der Waals surface area contributed by atoms with Crippen LogP contribution in [0.1, 0.15) is 11.5 Å². The highest BCUT2D eigenvalue weighted by Crippen LogP contribution is 2.19. The predicted octanol–water partition coefficient (Wildman–Crippen LogP) is 5.41. The molecule has 0 radical (unpaired) electrons. The van der Waals surface area contributed by atoms with Crippen LogP contribution in [0.5, 0.6) is 5.75 Å². The average Bonchev–Trinajstić information content (AvgIpc) is 3.08. The minimum Gasteiger partial charge on any atom is -0.486 e. The third kappa shape index (κ3) is 4.75. The van der Waals surface area contributed by atoms with Crippen LogP contribution in [-0.2, 0) is 19.6 Å². The summed E-state index contributed by atoms with van der Waals surface area (Å²) < 4.78 is 23.1. The largest absolute Gasteiger partial charge is 0.486 e. The van der Waals surface area contributed by atoms with Crippen LogP contribution < -0.4 is 4.74 Å². The zero-order chi connectivity index (χ0) is 20.9. The SMILES string of the molecule is Fc1ccc(OCc2nn(CCc3ccccn3)c(=S)n2-c2ccc(Cl)cc2)cc1. The van der Waals surface area contributed by atoms with Crippen LogP contribution in [0.15, 0.2) is 72.9 Å². The molecule has 30 heavy (non-hydrogen) atoms. The van der Waals surface area contributed by atoms with E-state index in [2.05, 4.69) is 10.1 Å². The first-order valence-corrected chi connectivity index (χ1v) is 10.1. The highest BCUT2D eigenvalue weighted by atomic mass is 35.5. The first-order chi connectivity index (χ1) is 14.6. The topological polar surface area (TPSA) is 44.9 Å². The molecule has 0 fully saturated rings. The van der Waals surface area contributed by atoms with Crippen LogP contribution in [0.25, 0.3) is 5.69 Å². The Kier molecular flexibility index (Phi) is 6.21. The molecule has 0 saturated carbocycles. The molecule has 4 rings (SSSR count). The maximum absolute atomic E-state index is 13.1. The fourth-order valence-electron chi connectivity index (χ4n) is 2.99. The van der Waals surface area contributed by atoms with Gasteiger partial charge in [-0.1, -0.05) is 17.7 Å². The Hall–Kier alpha value is -3.03. The summed E-state index contributed by atoms with van der Waals surface area (Å²) in [5.74, 6) is 0.867. The molecule has 0 aliphatic rings. The molecule has 0 saturated heterocycles. The standard InChI is InChI=1S/C22H18ClFN4OS/c23-16-4-8-19(9-5-16)28-21(15-29-20-10-6-17(24)7-11-20)26-27(22(28)30)14-12-18-3-1-2-13-25-18/h1-11,13H,12,14-15H2. The molecule has 152 valence electrons. The number of nitrogens with zero attached hydrogens (tertiary/aromatic N) is 4. The zero-order valence-electron chi connectivity index (χ0n) is 15.9. The number of halogens is 2. The molecule has 0 amide bonds. The number of ether oxygens (including phenoxy) is 1. The number of rotatable bonds is 7. The van der Waals surface area contributed by atoms with E-state index in [1.807, 2.05) is 34.9 Å². The lowest BCUT2D eigenvalue weighted by atomic mass is 10.3. The second-order valence-corrected chi connectivity index (χ2v) is 7.35. The van der Waals surface area contributed by atoms with Crippen LogP contribution in [-0.4, -0.2) is 19.3 Å². The van der Waals surface area contributed by atoms with Gasteiger partial charge in [0.2, 0.25) is 4.77 Å². The quantitative estimate of drug-likeness (QED) is 0.360. The van der Waals surface area contributed by atoms with Gasteiger partial charge in [-0.15, -0.1) is 0 Å². The first kappa shape index (κ1) is 20.3. The summed E-state index contributed by atoms with van der Waals surface area (Å²) in [7, 11) is 0. The summed E-state index contributed by atoms with van der Waals surface area (Å²) in [6, 6.07) is 19.0. The molecule has 0 unspecified atom stereocenters. The molecular weight excluding hydrogens is 423 g/mol. The predicted molar refractivity (Wildman–Crippen MR) is 116 cm³/mol. The van der Waals surface area contributed by atoms with E-state index < -0.39 is 0 Å². The molecule has 0 atom stereocenters. The maximum atomic E-state index is 13.1. The van der Waals surface area contributed by atoms with Gasteiger partial charge in [0, 0.05) is 35.6 Å². The minimum atomic E-state index is -0.315. The first-order valence-electron chi connectivity index (χ1n) is 9.33. The molecule has 0 aliphatic carbocycles. The lowest BCUT2D eigenvalue weighted by Crippen LogP contribution is -2.06. The van der Waals surface area contributed by atoms with Gasteiger partial charge in [0.1, 0.15) is 18.2 Å². The van der Waals surface area contributed by atoms with Gasteiger partial charge in [0.25, 0.3) is 0 Å². The smallest absolute Gasteiger partial charge is 0.202 e. The van der Waals surface area contributed by atoms with E-state index in [0.29, 0.717) is 34.3 Å². The van der Waals surface area contributed by atoms with Gasteiger partial charge in [-0.05, 0) is 72.9 Å². The molecule has 2 aromatic heterocycles. The van der Waals surface area contributed by atoms with Crippen molar-refractivity contribution in [2.75, 3.05) is 0 Å². The van der Waals surface area contributed by atoms with Crippen LogP contribution in [0, 0.1) is 10.6 Å². The second kappa shape index (κ2) is 9.19. The van der Waals surface area contributed by atoms with Gasteiger partial charge in [-0.3, -0.25) is 9.55 Å². The van der Waals surface area contributed by atoms with E-state index in [1.165, 1.54) is 12.1 Å². The fraction of sp³-hybridized carbons (Fsp3) is 0.136. The van der Waals surface area contributed by atoms with E-state index in [4.69, 9.17) is 28.6 Å². The van der Waals surface area contributed by atoms with Crippen LogP contribution in [0.4, 0.5) is 4.39 Å². The van der Waals surface area contributed by atoms with Crippen molar-refractivity contribution in [3.63, 3.8) is 0 Å². The van der Waals surface area contributed by atoms with E-state index in [0.717, 1.165) is 11.4 Å². The third-order valence-corrected chi connectivity index (χ3v) is 5.12. The van der Waals surface area contributed by atoms with E-state index in [-0.39, 0.29) is 12.4 Å². The van der Waals surface area contributed by atoms with Crippen molar-refractivity contribution in [2.24, 2.45) is 0 Å². The molecule has 0 bridgehead atoms. The summed E-state index contributed by atoms with van der Waals surface area (Å²) in [6.07, 6.45) is 2.47. The van der Waals surface area contributed by atoms with E-state index in [9.17, 15) is 4.39 Å². The summed E-state index contributed by atoms with van der Waals surface area (Å²) >= 11 is 11.7. The fourth-order valence-corrected chi connectivity index (χ4v) is 3.46. The molecule has 4 aromatic rings. The third-order valence-electron chi connectivity index (χ3n) is 4.48. The van der Waals surface area contributed by atoms with Crippen molar-refractivity contribution in [3.05, 3.63) is 100 Å². The number of aryl methyl sites for hydroxylation is 2.